The van der Waals surface area contributed by atoms with Gasteiger partial charge in [-0.25, -0.2) is 0 Å². The van der Waals surface area contributed by atoms with Gasteiger partial charge >= 0.3 is 0 Å². The van der Waals surface area contributed by atoms with E-state index in [1.807, 2.05) is 20.8 Å². The molecule has 0 spiro atoms. The summed E-state index contributed by atoms with van der Waals surface area (Å²) in [5.74, 6) is 0.761. The molecule has 2 atom stereocenters. The second-order valence-electron chi connectivity index (χ2n) is 4.92. The summed E-state index contributed by atoms with van der Waals surface area (Å²) in [5.41, 5.74) is 6.72. The topological polar surface area (TPSA) is 83.8 Å². The molecule has 18 heavy (non-hydrogen) atoms. The molecule has 1 heterocycles. The van der Waals surface area contributed by atoms with Crippen LogP contribution in [0.5, 0.6) is 0 Å². The number of nitrogens with one attached hydrogen (secondary N) is 2. The molecule has 102 valence electrons. The van der Waals surface area contributed by atoms with Gasteiger partial charge < -0.3 is 11.1 Å². The van der Waals surface area contributed by atoms with Gasteiger partial charge in [-0.3, -0.25) is 9.89 Å². The molecule has 1 rings (SSSR count). The third kappa shape index (κ3) is 4.49. The lowest BCUT2D eigenvalue weighted by Gasteiger charge is -2.12. The molecular weight excluding hydrogens is 228 g/mol. The Morgan fingerprint density at radius 1 is 1.50 bits per heavy atom. The number of rotatable bonds is 7. The molecule has 5 nitrogen and oxygen atoms in total. The molecule has 0 saturated heterocycles. The van der Waals surface area contributed by atoms with Crippen LogP contribution < -0.4 is 11.1 Å². The van der Waals surface area contributed by atoms with E-state index in [2.05, 4.69) is 15.5 Å². The molecule has 0 aliphatic rings. The number of aromatic amines is 1. The number of amides is 1. The maximum atomic E-state index is 12.0. The van der Waals surface area contributed by atoms with Gasteiger partial charge in [0.25, 0.3) is 0 Å². The number of aromatic nitrogens is 2. The second kappa shape index (κ2) is 7.16. The molecule has 0 aromatic carbocycles. The van der Waals surface area contributed by atoms with Crippen LogP contribution in [0.4, 0.5) is 5.82 Å². The molecule has 0 saturated carbocycles. The van der Waals surface area contributed by atoms with E-state index >= 15 is 0 Å². The van der Waals surface area contributed by atoms with Crippen molar-refractivity contribution >= 4 is 11.7 Å². The van der Waals surface area contributed by atoms with E-state index in [9.17, 15) is 4.79 Å². The summed E-state index contributed by atoms with van der Waals surface area (Å²) in [5, 5.41) is 9.64. The number of carbonyl (C=O) groups excluding carboxylic acids is 1. The number of hydrogen-bond acceptors (Lipinski definition) is 3. The zero-order chi connectivity index (χ0) is 13.5. The van der Waals surface area contributed by atoms with Crippen LogP contribution in [-0.2, 0) is 11.2 Å². The van der Waals surface area contributed by atoms with E-state index in [4.69, 9.17) is 5.73 Å². The van der Waals surface area contributed by atoms with Gasteiger partial charge in [0.15, 0.2) is 0 Å². The summed E-state index contributed by atoms with van der Waals surface area (Å²) in [6.07, 6.45) is 5.41. The average molecular weight is 252 g/mol. The quantitative estimate of drug-likeness (QED) is 0.694. The van der Waals surface area contributed by atoms with Gasteiger partial charge in [0.2, 0.25) is 5.91 Å². The Labute approximate surface area is 109 Å². The summed E-state index contributed by atoms with van der Waals surface area (Å²) in [4.78, 5) is 12.0. The summed E-state index contributed by atoms with van der Waals surface area (Å²) in [6.45, 7) is 5.97. The minimum Gasteiger partial charge on any atom is -0.328 e. The summed E-state index contributed by atoms with van der Waals surface area (Å²) in [6, 6.07) is 0.208. The predicted octanol–water partition coefficient (Wildman–Crippen LogP) is 2.06. The first-order valence-corrected chi connectivity index (χ1v) is 6.63. The maximum absolute atomic E-state index is 12.0. The molecule has 5 heteroatoms. The molecular formula is C13H24N4O. The highest BCUT2D eigenvalue weighted by Gasteiger charge is 2.15. The van der Waals surface area contributed by atoms with Crippen molar-refractivity contribution in [3.05, 3.63) is 11.8 Å². The molecule has 1 aromatic rings. The molecule has 1 aromatic heterocycles. The summed E-state index contributed by atoms with van der Waals surface area (Å²) >= 11 is 0. The highest BCUT2D eigenvalue weighted by atomic mass is 16.1. The van der Waals surface area contributed by atoms with Crippen LogP contribution in [-0.4, -0.2) is 22.1 Å². The monoisotopic (exact) mass is 252 g/mol. The van der Waals surface area contributed by atoms with Crippen LogP contribution in [0, 0.1) is 5.92 Å². The minimum absolute atomic E-state index is 0.00300. The third-order valence-corrected chi connectivity index (χ3v) is 3.09. The van der Waals surface area contributed by atoms with Crippen molar-refractivity contribution in [3.63, 3.8) is 0 Å². The van der Waals surface area contributed by atoms with Gasteiger partial charge in [0.1, 0.15) is 5.82 Å². The van der Waals surface area contributed by atoms with Crippen LogP contribution >= 0.6 is 0 Å². The lowest BCUT2D eigenvalue weighted by atomic mass is 10.0. The smallest absolute Gasteiger partial charge is 0.228 e. The Balaban J connectivity index is 2.40. The van der Waals surface area contributed by atoms with E-state index in [-0.39, 0.29) is 17.9 Å². The molecule has 0 bridgehead atoms. The Morgan fingerprint density at radius 2 is 2.22 bits per heavy atom. The van der Waals surface area contributed by atoms with Crippen LogP contribution in [0.25, 0.3) is 0 Å². The fraction of sp³-hybridized carbons (Fsp3) is 0.692. The zero-order valence-corrected chi connectivity index (χ0v) is 11.5. The van der Waals surface area contributed by atoms with Crippen molar-refractivity contribution in [2.45, 2.75) is 52.5 Å². The first kappa shape index (κ1) is 14.7. The second-order valence-corrected chi connectivity index (χ2v) is 4.92. The summed E-state index contributed by atoms with van der Waals surface area (Å²) < 4.78 is 0. The number of nitrogens with two attached hydrogens (primary N) is 1. The molecule has 4 N–H and O–H groups in total. The van der Waals surface area contributed by atoms with Crippen molar-refractivity contribution in [1.29, 1.82) is 0 Å². The van der Waals surface area contributed by atoms with Gasteiger partial charge in [-0.2, -0.15) is 5.10 Å². The summed E-state index contributed by atoms with van der Waals surface area (Å²) in [7, 11) is 0. The van der Waals surface area contributed by atoms with E-state index in [1.165, 1.54) is 0 Å². The Kier molecular flexibility index (Phi) is 5.85. The predicted molar refractivity (Wildman–Crippen MR) is 73.3 cm³/mol. The van der Waals surface area contributed by atoms with E-state index in [0.717, 1.165) is 37.1 Å². The number of aryl methyl sites for hydroxylation is 1. The standard InChI is InChI=1S/C13H24N4O/c1-4-11-8-15-17-12(11)16-13(18)9(2)6-5-7-10(3)14/h8-10H,4-7,14H2,1-3H3,(H2,15,16,17,18). The van der Waals surface area contributed by atoms with Gasteiger partial charge in [0, 0.05) is 17.5 Å². The van der Waals surface area contributed by atoms with Gasteiger partial charge in [-0.15, -0.1) is 0 Å². The molecule has 2 unspecified atom stereocenters. The van der Waals surface area contributed by atoms with Gasteiger partial charge in [-0.1, -0.05) is 20.3 Å². The lowest BCUT2D eigenvalue weighted by Crippen LogP contribution is -2.22. The van der Waals surface area contributed by atoms with Crippen LogP contribution in [0.3, 0.4) is 0 Å². The molecule has 0 radical (unpaired) electrons. The Bertz CT molecular complexity index is 373. The fourth-order valence-electron chi connectivity index (χ4n) is 1.81. The van der Waals surface area contributed by atoms with Gasteiger partial charge in [0.05, 0.1) is 6.20 Å². The first-order valence-electron chi connectivity index (χ1n) is 6.63. The highest BCUT2D eigenvalue weighted by molar-refractivity contribution is 5.91. The normalized spacial score (nSPS) is 14.2. The van der Waals surface area contributed by atoms with Crippen molar-refractivity contribution in [3.8, 4) is 0 Å². The number of H-pyrrole nitrogens is 1. The molecule has 0 aliphatic heterocycles. The Morgan fingerprint density at radius 3 is 2.83 bits per heavy atom. The Hall–Kier alpha value is -1.36. The van der Waals surface area contributed by atoms with Gasteiger partial charge in [-0.05, 0) is 26.2 Å². The highest BCUT2D eigenvalue weighted by Crippen LogP contribution is 2.15. The maximum Gasteiger partial charge on any atom is 0.228 e. The van der Waals surface area contributed by atoms with Crippen LogP contribution in [0.15, 0.2) is 6.20 Å². The van der Waals surface area contributed by atoms with Crippen molar-refractivity contribution in [2.24, 2.45) is 11.7 Å². The van der Waals surface area contributed by atoms with Crippen molar-refractivity contribution in [1.82, 2.24) is 10.2 Å². The number of nitrogens with zero attached hydrogens (tertiary/aromatic N) is 1. The zero-order valence-electron chi connectivity index (χ0n) is 11.5. The van der Waals surface area contributed by atoms with E-state index in [1.54, 1.807) is 6.20 Å². The molecule has 1 amide bonds. The van der Waals surface area contributed by atoms with Crippen LogP contribution in [0.2, 0.25) is 0 Å². The van der Waals surface area contributed by atoms with Crippen molar-refractivity contribution < 1.29 is 4.79 Å². The molecule has 0 fully saturated rings. The number of hydrogen-bond donors (Lipinski definition) is 3. The van der Waals surface area contributed by atoms with Crippen molar-refractivity contribution in [2.75, 3.05) is 5.32 Å². The minimum atomic E-state index is -0.00300. The average Bonchev–Trinajstić information content (AvgIpc) is 2.75. The van der Waals surface area contributed by atoms with E-state index in [0.29, 0.717) is 0 Å². The first-order chi connectivity index (χ1) is 8.54. The number of anilines is 1. The lowest BCUT2D eigenvalue weighted by molar-refractivity contribution is -0.119. The fourth-order valence-corrected chi connectivity index (χ4v) is 1.81. The number of carbonyl (C=O) groups is 1. The van der Waals surface area contributed by atoms with Crippen LogP contribution in [0.1, 0.15) is 45.6 Å². The third-order valence-electron chi connectivity index (χ3n) is 3.09. The SMILES string of the molecule is CCc1cn[nH]c1NC(=O)C(C)CCCC(C)N. The largest absolute Gasteiger partial charge is 0.328 e. The molecule has 0 aliphatic carbocycles. The van der Waals surface area contributed by atoms with E-state index < -0.39 is 0 Å².